The number of para-hydroxylation sites is 1. The molecule has 1 aliphatic rings. The van der Waals surface area contributed by atoms with E-state index >= 15 is 0 Å². The van der Waals surface area contributed by atoms with Gasteiger partial charge >= 0.3 is 0 Å². The van der Waals surface area contributed by atoms with E-state index in [1.165, 1.54) is 30.4 Å². The first kappa shape index (κ1) is 19.1. The number of carbonyl (C=O) groups is 2. The van der Waals surface area contributed by atoms with Crippen LogP contribution in [0.3, 0.4) is 0 Å². The molecule has 0 fully saturated rings. The number of anilines is 2. The van der Waals surface area contributed by atoms with Gasteiger partial charge in [0.05, 0.1) is 11.4 Å². The molecule has 7 heteroatoms. The van der Waals surface area contributed by atoms with Crippen LogP contribution in [-0.4, -0.2) is 24.5 Å². The van der Waals surface area contributed by atoms with Crippen molar-refractivity contribution in [1.82, 2.24) is 0 Å². The van der Waals surface area contributed by atoms with Crippen LogP contribution in [0.5, 0.6) is 0 Å². The largest absolute Gasteiger partial charge is 0.337 e. The predicted molar refractivity (Wildman–Crippen MR) is 110 cm³/mol. The van der Waals surface area contributed by atoms with E-state index in [-0.39, 0.29) is 23.0 Å². The lowest BCUT2D eigenvalue weighted by atomic mass is 10.2. The van der Waals surface area contributed by atoms with Crippen LogP contribution in [0.2, 0.25) is 0 Å². The van der Waals surface area contributed by atoms with Gasteiger partial charge in [0.2, 0.25) is 5.91 Å². The normalized spacial score (nSPS) is 14.3. The number of Topliss-reactive ketones (excluding diaryl/α,β-unsaturated/α-hetero) is 1. The lowest BCUT2D eigenvalue weighted by Gasteiger charge is -2.14. The van der Waals surface area contributed by atoms with Gasteiger partial charge < -0.3 is 10.2 Å². The van der Waals surface area contributed by atoms with Crippen LogP contribution in [0.4, 0.5) is 11.4 Å². The molecule has 1 aliphatic heterocycles. The lowest BCUT2D eigenvalue weighted by Crippen LogP contribution is -2.16. The third-order valence-electron chi connectivity index (χ3n) is 3.89. The molecule has 1 heterocycles. The first-order chi connectivity index (χ1) is 13.0. The zero-order valence-electron chi connectivity index (χ0n) is 14.9. The summed E-state index contributed by atoms with van der Waals surface area (Å²) in [6, 6.07) is 17.2. The molecular weight excluding hydrogens is 378 g/mol. The maximum absolute atomic E-state index is 12.6. The van der Waals surface area contributed by atoms with Gasteiger partial charge in [-0.2, -0.15) is 5.26 Å². The number of ketones is 1. The Morgan fingerprint density at radius 2 is 1.89 bits per heavy atom. The Labute approximate surface area is 166 Å². The summed E-state index contributed by atoms with van der Waals surface area (Å²) in [6.45, 7) is 1.45. The fraction of sp³-hybridized carbons (Fsp3) is 0.150. The van der Waals surface area contributed by atoms with Gasteiger partial charge in [-0.1, -0.05) is 23.9 Å². The summed E-state index contributed by atoms with van der Waals surface area (Å²) in [6.07, 6.45) is 0. The first-order valence-electron chi connectivity index (χ1n) is 8.18. The summed E-state index contributed by atoms with van der Waals surface area (Å²) in [5.74, 6) is -0.151. The van der Waals surface area contributed by atoms with Crippen LogP contribution in [0.1, 0.15) is 6.92 Å². The SMILES string of the molecule is CC(=O)Nc1ccc(SCC(=O)C(C#N)=C2Sc3ccccc3N2C)cc1. The number of fused-ring (bicyclic) bond motifs is 1. The van der Waals surface area contributed by atoms with Gasteiger partial charge in [0.25, 0.3) is 0 Å². The average Bonchev–Trinajstić information content (AvgIpc) is 2.98. The Morgan fingerprint density at radius 1 is 1.19 bits per heavy atom. The van der Waals surface area contributed by atoms with E-state index in [1.807, 2.05) is 48.3 Å². The van der Waals surface area contributed by atoms with Gasteiger partial charge in [-0.15, -0.1) is 11.8 Å². The lowest BCUT2D eigenvalue weighted by molar-refractivity contribution is -0.114. The molecule has 2 aromatic carbocycles. The molecule has 0 aromatic heterocycles. The van der Waals surface area contributed by atoms with E-state index in [0.717, 1.165) is 15.5 Å². The highest BCUT2D eigenvalue weighted by Gasteiger charge is 2.27. The van der Waals surface area contributed by atoms with Gasteiger partial charge in [0, 0.05) is 29.4 Å². The van der Waals surface area contributed by atoms with Gasteiger partial charge in [-0.05, 0) is 36.4 Å². The molecule has 0 unspecified atom stereocenters. The van der Waals surface area contributed by atoms with E-state index in [9.17, 15) is 14.9 Å². The third-order valence-corrected chi connectivity index (χ3v) is 6.14. The van der Waals surface area contributed by atoms with Gasteiger partial charge in [-0.25, -0.2) is 0 Å². The first-order valence-corrected chi connectivity index (χ1v) is 9.98. The summed E-state index contributed by atoms with van der Waals surface area (Å²) in [5, 5.41) is 12.9. The van der Waals surface area contributed by atoms with Gasteiger partial charge in [-0.3, -0.25) is 9.59 Å². The molecule has 0 bridgehead atoms. The number of nitriles is 1. The average molecular weight is 396 g/mol. The fourth-order valence-electron chi connectivity index (χ4n) is 2.61. The number of amides is 1. The highest BCUT2D eigenvalue weighted by atomic mass is 32.2. The van der Waals surface area contributed by atoms with E-state index in [4.69, 9.17) is 0 Å². The predicted octanol–water partition coefficient (Wildman–Crippen LogP) is 4.28. The van der Waals surface area contributed by atoms with Gasteiger partial charge in [0.15, 0.2) is 5.78 Å². The molecule has 0 aliphatic carbocycles. The Morgan fingerprint density at radius 3 is 2.52 bits per heavy atom. The van der Waals surface area contributed by atoms with Crippen molar-refractivity contribution in [3.05, 3.63) is 59.1 Å². The van der Waals surface area contributed by atoms with E-state index in [2.05, 4.69) is 11.4 Å². The second kappa shape index (κ2) is 8.33. The molecular formula is C20H17N3O2S2. The molecule has 0 atom stereocenters. The Hall–Kier alpha value is -2.69. The zero-order valence-corrected chi connectivity index (χ0v) is 16.5. The van der Waals surface area contributed by atoms with Crippen molar-refractivity contribution in [2.75, 3.05) is 23.0 Å². The number of nitrogens with zero attached hydrogens (tertiary/aromatic N) is 2. The second-order valence-electron chi connectivity index (χ2n) is 5.84. The smallest absolute Gasteiger partial charge is 0.221 e. The molecule has 1 amide bonds. The molecule has 136 valence electrons. The molecule has 27 heavy (non-hydrogen) atoms. The molecule has 0 radical (unpaired) electrons. The number of rotatable bonds is 5. The topological polar surface area (TPSA) is 73.2 Å². The maximum atomic E-state index is 12.6. The van der Waals surface area contributed by atoms with E-state index < -0.39 is 0 Å². The third kappa shape index (κ3) is 4.35. The minimum absolute atomic E-state index is 0.130. The van der Waals surface area contributed by atoms with Crippen molar-refractivity contribution in [3.63, 3.8) is 0 Å². The summed E-state index contributed by atoms with van der Waals surface area (Å²) in [5.41, 5.74) is 1.89. The minimum Gasteiger partial charge on any atom is -0.337 e. The number of thioether (sulfide) groups is 2. The quantitative estimate of drug-likeness (QED) is 0.463. The Bertz CT molecular complexity index is 962. The van der Waals surface area contributed by atoms with Crippen molar-refractivity contribution < 1.29 is 9.59 Å². The molecule has 2 aromatic rings. The van der Waals surface area contributed by atoms with Crippen molar-refractivity contribution in [3.8, 4) is 6.07 Å². The summed E-state index contributed by atoms with van der Waals surface area (Å²) >= 11 is 2.82. The zero-order chi connectivity index (χ0) is 19.4. The molecule has 0 saturated heterocycles. The van der Waals surface area contributed by atoms with Crippen LogP contribution >= 0.6 is 23.5 Å². The monoisotopic (exact) mass is 395 g/mol. The minimum atomic E-state index is -0.199. The van der Waals surface area contributed by atoms with Crippen molar-refractivity contribution in [1.29, 1.82) is 5.26 Å². The van der Waals surface area contributed by atoms with Crippen molar-refractivity contribution in [2.45, 2.75) is 16.7 Å². The van der Waals surface area contributed by atoms with Crippen LogP contribution in [0.25, 0.3) is 0 Å². The number of carbonyl (C=O) groups excluding carboxylic acids is 2. The molecule has 0 spiro atoms. The summed E-state index contributed by atoms with van der Waals surface area (Å²) < 4.78 is 0. The van der Waals surface area contributed by atoms with Crippen LogP contribution < -0.4 is 10.2 Å². The highest BCUT2D eigenvalue weighted by molar-refractivity contribution is 8.03. The van der Waals surface area contributed by atoms with Crippen LogP contribution in [0.15, 0.2) is 68.9 Å². The van der Waals surface area contributed by atoms with E-state index in [0.29, 0.717) is 10.7 Å². The Kier molecular flexibility index (Phi) is 5.89. The highest BCUT2D eigenvalue weighted by Crippen LogP contribution is 2.46. The molecule has 3 rings (SSSR count). The number of nitrogens with one attached hydrogen (secondary N) is 1. The molecule has 0 saturated carbocycles. The van der Waals surface area contributed by atoms with Crippen molar-refractivity contribution in [2.24, 2.45) is 0 Å². The number of hydrogen-bond acceptors (Lipinski definition) is 6. The summed E-state index contributed by atoms with van der Waals surface area (Å²) in [7, 11) is 1.87. The van der Waals surface area contributed by atoms with Crippen LogP contribution in [0, 0.1) is 11.3 Å². The number of hydrogen-bond donors (Lipinski definition) is 1. The molecule has 1 N–H and O–H groups in total. The van der Waals surface area contributed by atoms with E-state index in [1.54, 1.807) is 12.1 Å². The van der Waals surface area contributed by atoms with Crippen LogP contribution in [-0.2, 0) is 9.59 Å². The fourth-order valence-corrected chi connectivity index (χ4v) is 4.54. The van der Waals surface area contributed by atoms with Crippen molar-refractivity contribution >= 4 is 46.6 Å². The number of allylic oxidation sites excluding steroid dienone is 1. The number of benzene rings is 2. The van der Waals surface area contributed by atoms with Gasteiger partial charge in [0.1, 0.15) is 16.7 Å². The maximum Gasteiger partial charge on any atom is 0.221 e. The summed E-state index contributed by atoms with van der Waals surface area (Å²) in [4.78, 5) is 27.5. The standard InChI is InChI=1S/C20H17N3O2S2/c1-13(24)22-14-7-9-15(10-8-14)26-12-18(25)16(11-21)20-23(2)17-5-3-4-6-19(17)27-20/h3-10H,12H2,1-2H3,(H,22,24). The second-order valence-corrected chi connectivity index (χ2v) is 7.92. The Balaban J connectivity index is 1.70. The molecule has 5 nitrogen and oxygen atoms in total.